The van der Waals surface area contributed by atoms with Gasteiger partial charge >= 0.3 is 0 Å². The van der Waals surface area contributed by atoms with Crippen LogP contribution < -0.4 is 19.7 Å². The molecule has 3 aromatic rings. The maximum atomic E-state index is 13.3. The monoisotopic (exact) mass is 479 g/mol. The summed E-state index contributed by atoms with van der Waals surface area (Å²) >= 11 is 1.63. The molecule has 8 heteroatoms. The maximum Gasteiger partial charge on any atom is 0.268 e. The molecule has 0 radical (unpaired) electrons. The lowest BCUT2D eigenvalue weighted by atomic mass is 10.0. The lowest BCUT2D eigenvalue weighted by Crippen LogP contribution is -2.53. The van der Waals surface area contributed by atoms with Crippen molar-refractivity contribution in [2.45, 2.75) is 53.2 Å². The summed E-state index contributed by atoms with van der Waals surface area (Å²) in [6.07, 6.45) is -0.129. The number of nitrogens with zero attached hydrogens (tertiary/aromatic N) is 2. The fourth-order valence-electron chi connectivity index (χ4n) is 4.05. The number of benzene rings is 2. The van der Waals surface area contributed by atoms with Gasteiger partial charge in [-0.05, 0) is 76.6 Å². The van der Waals surface area contributed by atoms with Crippen molar-refractivity contribution in [3.05, 3.63) is 52.3 Å². The van der Waals surface area contributed by atoms with E-state index in [1.165, 1.54) is 0 Å². The van der Waals surface area contributed by atoms with Gasteiger partial charge in [-0.25, -0.2) is 4.98 Å². The number of aromatic nitrogens is 1. The summed E-state index contributed by atoms with van der Waals surface area (Å²) in [6.45, 7) is 10.1. The van der Waals surface area contributed by atoms with Crippen molar-refractivity contribution in [3.8, 4) is 22.8 Å². The molecule has 1 aromatic heterocycles. The predicted octanol–water partition coefficient (Wildman–Crippen LogP) is 5.36. The first-order valence-corrected chi connectivity index (χ1v) is 12.3. The van der Waals surface area contributed by atoms with Crippen molar-refractivity contribution in [3.63, 3.8) is 0 Å². The molecule has 0 saturated carbocycles. The Morgan fingerprint density at radius 1 is 1.21 bits per heavy atom. The smallest absolute Gasteiger partial charge is 0.268 e. The zero-order chi connectivity index (χ0) is 24.4. The average molecular weight is 480 g/mol. The standard InChI is InChI=1S/C26H29N3O4S/c1-6-22-26(31)29(15(3)25(30)28-19-9-11-20(12-10-19)32-7-2)21-14-18(8-13-23(21)33-22)24-16(4)34-17(5)27-24/h8-15,22H,6-7H2,1-5H3,(H,28,30). The van der Waals surface area contributed by atoms with Crippen LogP contribution in [0.2, 0.25) is 0 Å². The minimum atomic E-state index is -0.746. The van der Waals surface area contributed by atoms with Crippen LogP contribution in [0.3, 0.4) is 0 Å². The molecule has 2 amide bonds. The second-order valence-electron chi connectivity index (χ2n) is 8.17. The highest BCUT2D eigenvalue weighted by Crippen LogP contribution is 2.40. The van der Waals surface area contributed by atoms with E-state index < -0.39 is 12.1 Å². The zero-order valence-electron chi connectivity index (χ0n) is 20.0. The van der Waals surface area contributed by atoms with Gasteiger partial charge in [-0.3, -0.25) is 14.5 Å². The normalized spacial score (nSPS) is 16.0. The van der Waals surface area contributed by atoms with Crippen LogP contribution in [-0.2, 0) is 9.59 Å². The summed E-state index contributed by atoms with van der Waals surface area (Å²) in [5.41, 5.74) is 2.97. The molecule has 1 aliphatic rings. The highest BCUT2D eigenvalue weighted by Gasteiger charge is 2.38. The van der Waals surface area contributed by atoms with Crippen LogP contribution in [0.1, 0.15) is 37.1 Å². The summed E-state index contributed by atoms with van der Waals surface area (Å²) in [5, 5.41) is 3.89. The van der Waals surface area contributed by atoms with Gasteiger partial charge in [-0.15, -0.1) is 11.3 Å². The molecule has 1 aliphatic heterocycles. The van der Waals surface area contributed by atoms with Crippen molar-refractivity contribution >= 4 is 34.5 Å². The summed E-state index contributed by atoms with van der Waals surface area (Å²) in [7, 11) is 0. The molecule has 7 nitrogen and oxygen atoms in total. The fraction of sp³-hybridized carbons (Fsp3) is 0.346. The van der Waals surface area contributed by atoms with Crippen molar-refractivity contribution in [2.24, 2.45) is 0 Å². The number of carbonyl (C=O) groups excluding carboxylic acids is 2. The Kier molecular flexibility index (Phi) is 6.88. The molecular formula is C26H29N3O4S. The molecule has 0 saturated heterocycles. The van der Waals surface area contributed by atoms with Crippen LogP contribution >= 0.6 is 11.3 Å². The van der Waals surface area contributed by atoms with E-state index in [1.807, 2.05) is 45.9 Å². The van der Waals surface area contributed by atoms with Crippen LogP contribution in [0.25, 0.3) is 11.3 Å². The molecule has 4 rings (SSSR count). The number of amides is 2. The van der Waals surface area contributed by atoms with Gasteiger partial charge in [0.05, 0.1) is 23.0 Å². The predicted molar refractivity (Wildman–Crippen MR) is 135 cm³/mol. The van der Waals surface area contributed by atoms with E-state index >= 15 is 0 Å². The van der Waals surface area contributed by atoms with Crippen LogP contribution in [0.4, 0.5) is 11.4 Å². The van der Waals surface area contributed by atoms with Crippen LogP contribution in [0.5, 0.6) is 11.5 Å². The maximum absolute atomic E-state index is 13.3. The Hall–Kier alpha value is -3.39. The Balaban J connectivity index is 1.65. The van der Waals surface area contributed by atoms with Gasteiger partial charge in [0.25, 0.3) is 5.91 Å². The second kappa shape index (κ2) is 9.85. The molecule has 34 heavy (non-hydrogen) atoms. The molecule has 1 N–H and O–H groups in total. The largest absolute Gasteiger partial charge is 0.494 e. The molecule has 2 heterocycles. The minimum absolute atomic E-state index is 0.229. The summed E-state index contributed by atoms with van der Waals surface area (Å²) < 4.78 is 11.4. The van der Waals surface area contributed by atoms with Crippen molar-refractivity contribution in [1.29, 1.82) is 0 Å². The van der Waals surface area contributed by atoms with E-state index in [-0.39, 0.29) is 11.8 Å². The lowest BCUT2D eigenvalue weighted by molar-refractivity contribution is -0.129. The molecule has 0 fully saturated rings. The van der Waals surface area contributed by atoms with E-state index in [0.29, 0.717) is 30.2 Å². The Labute approximate surface area is 203 Å². The molecule has 0 spiro atoms. The SMILES string of the molecule is CCOc1ccc(NC(=O)C(C)N2C(=O)C(CC)Oc3ccc(-c4nc(C)sc4C)cc32)cc1. The van der Waals surface area contributed by atoms with Crippen LogP contribution in [0.15, 0.2) is 42.5 Å². The number of hydrogen-bond donors (Lipinski definition) is 1. The van der Waals surface area contributed by atoms with Crippen molar-refractivity contribution in [2.75, 3.05) is 16.8 Å². The van der Waals surface area contributed by atoms with Crippen LogP contribution in [0, 0.1) is 13.8 Å². The molecule has 0 bridgehead atoms. The number of carbonyl (C=O) groups is 2. The van der Waals surface area contributed by atoms with Gasteiger partial charge in [0, 0.05) is 16.1 Å². The molecule has 178 valence electrons. The molecule has 2 aromatic carbocycles. The number of thiazole rings is 1. The quantitative estimate of drug-likeness (QED) is 0.494. The van der Waals surface area contributed by atoms with Gasteiger partial charge in [0.2, 0.25) is 5.91 Å². The fourth-order valence-corrected chi connectivity index (χ4v) is 4.89. The number of rotatable bonds is 7. The van der Waals surface area contributed by atoms with Gasteiger partial charge < -0.3 is 14.8 Å². The Morgan fingerprint density at radius 3 is 2.56 bits per heavy atom. The van der Waals surface area contributed by atoms with E-state index in [9.17, 15) is 9.59 Å². The van der Waals surface area contributed by atoms with E-state index in [0.717, 1.165) is 26.9 Å². The highest BCUT2D eigenvalue weighted by molar-refractivity contribution is 7.11. The first-order valence-electron chi connectivity index (χ1n) is 11.4. The van der Waals surface area contributed by atoms with E-state index in [4.69, 9.17) is 9.47 Å². The summed E-state index contributed by atoms with van der Waals surface area (Å²) in [4.78, 5) is 33.8. The third kappa shape index (κ3) is 4.63. The van der Waals surface area contributed by atoms with Gasteiger partial charge in [-0.2, -0.15) is 0 Å². The third-order valence-electron chi connectivity index (χ3n) is 5.75. The molecule has 2 atom stereocenters. The average Bonchev–Trinajstić information content (AvgIpc) is 3.17. The number of hydrogen-bond acceptors (Lipinski definition) is 6. The van der Waals surface area contributed by atoms with E-state index in [1.54, 1.807) is 47.4 Å². The van der Waals surface area contributed by atoms with Gasteiger partial charge in [-0.1, -0.05) is 6.92 Å². The summed E-state index contributed by atoms with van der Waals surface area (Å²) in [6, 6.07) is 12.1. The number of aryl methyl sites for hydroxylation is 2. The Morgan fingerprint density at radius 2 is 1.94 bits per heavy atom. The number of nitrogens with one attached hydrogen (secondary N) is 1. The number of ether oxygens (including phenoxy) is 2. The first kappa shape index (κ1) is 23.8. The number of anilines is 2. The topological polar surface area (TPSA) is 80.8 Å². The molecular weight excluding hydrogens is 450 g/mol. The molecule has 2 unspecified atom stereocenters. The Bertz CT molecular complexity index is 1210. The first-order chi connectivity index (χ1) is 16.3. The van der Waals surface area contributed by atoms with E-state index in [2.05, 4.69) is 10.3 Å². The van der Waals surface area contributed by atoms with Crippen LogP contribution in [-0.4, -0.2) is 35.6 Å². The van der Waals surface area contributed by atoms with Crippen molar-refractivity contribution < 1.29 is 19.1 Å². The van der Waals surface area contributed by atoms with Crippen molar-refractivity contribution in [1.82, 2.24) is 4.98 Å². The molecule has 0 aliphatic carbocycles. The minimum Gasteiger partial charge on any atom is -0.494 e. The highest BCUT2D eigenvalue weighted by atomic mass is 32.1. The lowest BCUT2D eigenvalue weighted by Gasteiger charge is -2.37. The second-order valence-corrected chi connectivity index (χ2v) is 9.57. The van der Waals surface area contributed by atoms with Gasteiger partial charge in [0.1, 0.15) is 17.5 Å². The number of fused-ring (bicyclic) bond motifs is 1. The van der Waals surface area contributed by atoms with Gasteiger partial charge in [0.15, 0.2) is 6.10 Å². The zero-order valence-corrected chi connectivity index (χ0v) is 20.9. The third-order valence-corrected chi connectivity index (χ3v) is 6.63. The summed E-state index contributed by atoms with van der Waals surface area (Å²) in [5.74, 6) is 0.802.